The van der Waals surface area contributed by atoms with Crippen molar-refractivity contribution in [2.24, 2.45) is 0 Å². The van der Waals surface area contributed by atoms with Gasteiger partial charge in [0.15, 0.2) is 0 Å². The van der Waals surface area contributed by atoms with Crippen LogP contribution in [0.25, 0.3) is 0 Å². The number of piperidine rings is 1. The fraction of sp³-hybridized carbons (Fsp3) is 0.889. The van der Waals surface area contributed by atoms with Crippen LogP contribution in [0.1, 0.15) is 12.8 Å². The summed E-state index contributed by atoms with van der Waals surface area (Å²) in [5, 5.41) is 11.1. The average Bonchev–Trinajstić information content (AvgIpc) is 2.14. The number of halogens is 3. The van der Waals surface area contributed by atoms with Crippen LogP contribution in [0.2, 0.25) is 0 Å². The molecule has 0 aliphatic carbocycles. The number of carbonyl (C=O) groups is 1. The van der Waals surface area contributed by atoms with Crippen molar-refractivity contribution in [1.29, 1.82) is 0 Å². The van der Waals surface area contributed by atoms with Crippen LogP contribution in [-0.2, 0) is 4.79 Å². The van der Waals surface area contributed by atoms with E-state index in [1.165, 1.54) is 0 Å². The minimum absolute atomic E-state index is 0.0901. The molecule has 0 saturated carbocycles. The number of nitrogens with zero attached hydrogens (tertiary/aromatic N) is 1. The number of rotatable bonds is 3. The van der Waals surface area contributed by atoms with E-state index < -0.39 is 24.7 Å². The van der Waals surface area contributed by atoms with Crippen molar-refractivity contribution < 1.29 is 23.1 Å². The van der Waals surface area contributed by atoms with E-state index in [2.05, 4.69) is 0 Å². The van der Waals surface area contributed by atoms with Crippen LogP contribution in [-0.4, -0.2) is 54.4 Å². The number of aliphatic hydroxyl groups excluding tert-OH is 1. The second-order valence-electron chi connectivity index (χ2n) is 3.92. The standard InChI is InChI=1S/C9H15F3N2O2/c10-9(11,12)6-13-8(16)5-14-3-1-2-7(15)4-14/h7,15H,1-6H2,(H,13,16). The molecule has 2 N–H and O–H groups in total. The lowest BCUT2D eigenvalue weighted by Gasteiger charge is -2.29. The quantitative estimate of drug-likeness (QED) is 0.737. The largest absolute Gasteiger partial charge is 0.405 e. The number of likely N-dealkylation sites (tertiary alicyclic amines) is 1. The van der Waals surface area contributed by atoms with Gasteiger partial charge in [0.2, 0.25) is 5.91 Å². The lowest BCUT2D eigenvalue weighted by atomic mass is 10.1. The number of alkyl halides is 3. The Morgan fingerprint density at radius 2 is 2.19 bits per heavy atom. The summed E-state index contributed by atoms with van der Waals surface area (Å²) >= 11 is 0. The molecule has 0 aromatic carbocycles. The molecule has 0 aromatic heterocycles. The summed E-state index contributed by atoms with van der Waals surface area (Å²) in [5.74, 6) is -0.661. The second-order valence-corrected chi connectivity index (χ2v) is 3.92. The number of aliphatic hydroxyl groups is 1. The molecule has 1 rings (SSSR count). The molecular formula is C9H15F3N2O2. The summed E-state index contributed by atoms with van der Waals surface area (Å²) in [6.07, 6.45) is -3.42. The number of hydrogen-bond donors (Lipinski definition) is 2. The fourth-order valence-corrected chi connectivity index (χ4v) is 1.63. The van der Waals surface area contributed by atoms with E-state index in [1.807, 2.05) is 0 Å². The molecule has 16 heavy (non-hydrogen) atoms. The van der Waals surface area contributed by atoms with Crippen LogP contribution in [0.5, 0.6) is 0 Å². The Labute approximate surface area is 91.4 Å². The molecule has 1 heterocycles. The molecule has 7 heteroatoms. The molecule has 94 valence electrons. The lowest BCUT2D eigenvalue weighted by molar-refractivity contribution is -0.139. The molecule has 0 aromatic rings. The van der Waals surface area contributed by atoms with Gasteiger partial charge in [0.05, 0.1) is 12.6 Å². The van der Waals surface area contributed by atoms with Gasteiger partial charge in [-0.15, -0.1) is 0 Å². The van der Waals surface area contributed by atoms with Crippen LogP contribution in [0, 0.1) is 0 Å². The number of hydrogen-bond acceptors (Lipinski definition) is 3. The van der Waals surface area contributed by atoms with Crippen molar-refractivity contribution in [3.05, 3.63) is 0 Å². The van der Waals surface area contributed by atoms with Gasteiger partial charge in [-0.2, -0.15) is 13.2 Å². The zero-order valence-electron chi connectivity index (χ0n) is 8.76. The number of nitrogens with one attached hydrogen (secondary N) is 1. The first-order valence-corrected chi connectivity index (χ1v) is 5.11. The first-order chi connectivity index (χ1) is 7.37. The Bertz CT molecular complexity index is 245. The van der Waals surface area contributed by atoms with E-state index in [0.717, 1.165) is 6.42 Å². The van der Waals surface area contributed by atoms with E-state index in [1.54, 1.807) is 10.2 Å². The topological polar surface area (TPSA) is 52.6 Å². The third kappa shape index (κ3) is 5.32. The third-order valence-electron chi connectivity index (χ3n) is 2.33. The molecule has 1 fully saturated rings. The molecule has 0 radical (unpaired) electrons. The van der Waals surface area contributed by atoms with Gasteiger partial charge in [0.1, 0.15) is 6.54 Å². The van der Waals surface area contributed by atoms with E-state index in [0.29, 0.717) is 19.5 Å². The van der Waals surface area contributed by atoms with E-state index in [9.17, 15) is 23.1 Å². The van der Waals surface area contributed by atoms with Crippen molar-refractivity contribution in [2.45, 2.75) is 25.1 Å². The first-order valence-electron chi connectivity index (χ1n) is 5.11. The van der Waals surface area contributed by atoms with E-state index in [4.69, 9.17) is 0 Å². The van der Waals surface area contributed by atoms with Crippen molar-refractivity contribution in [1.82, 2.24) is 10.2 Å². The van der Waals surface area contributed by atoms with Crippen LogP contribution in [0.3, 0.4) is 0 Å². The summed E-state index contributed by atoms with van der Waals surface area (Å²) in [4.78, 5) is 12.8. The molecule has 4 nitrogen and oxygen atoms in total. The summed E-state index contributed by atoms with van der Waals surface area (Å²) < 4.78 is 35.4. The molecule has 1 unspecified atom stereocenters. The van der Waals surface area contributed by atoms with Gasteiger partial charge in [-0.25, -0.2) is 0 Å². The SMILES string of the molecule is O=C(CN1CCCC(O)C1)NCC(F)(F)F. The molecule has 1 aliphatic rings. The zero-order valence-corrected chi connectivity index (χ0v) is 8.76. The van der Waals surface area contributed by atoms with E-state index >= 15 is 0 Å². The maximum Gasteiger partial charge on any atom is 0.405 e. The summed E-state index contributed by atoms with van der Waals surface area (Å²) in [5.41, 5.74) is 0. The van der Waals surface area contributed by atoms with Crippen molar-refractivity contribution in [3.63, 3.8) is 0 Å². The molecular weight excluding hydrogens is 225 g/mol. The molecule has 1 amide bonds. The van der Waals surface area contributed by atoms with Gasteiger partial charge < -0.3 is 10.4 Å². The predicted molar refractivity (Wildman–Crippen MR) is 50.7 cm³/mol. The average molecular weight is 240 g/mol. The highest BCUT2D eigenvalue weighted by molar-refractivity contribution is 5.78. The maximum absolute atomic E-state index is 11.8. The predicted octanol–water partition coefficient (Wildman–Crippen LogP) is 0.122. The molecule has 0 spiro atoms. The number of β-amino-alcohol motifs (C(OH)–C–C–N with tert-alkyl or cyclic N) is 1. The highest BCUT2D eigenvalue weighted by atomic mass is 19.4. The van der Waals surface area contributed by atoms with Gasteiger partial charge in [0.25, 0.3) is 0 Å². The minimum Gasteiger partial charge on any atom is -0.392 e. The lowest BCUT2D eigenvalue weighted by Crippen LogP contribution is -2.45. The monoisotopic (exact) mass is 240 g/mol. The number of amides is 1. The highest BCUT2D eigenvalue weighted by Gasteiger charge is 2.28. The normalized spacial score (nSPS) is 23.1. The van der Waals surface area contributed by atoms with E-state index in [-0.39, 0.29) is 6.54 Å². The Kier molecular flexibility index (Phi) is 4.55. The minimum atomic E-state index is -4.38. The molecule has 1 aliphatic heterocycles. The van der Waals surface area contributed by atoms with Gasteiger partial charge in [-0.3, -0.25) is 9.69 Å². The smallest absolute Gasteiger partial charge is 0.392 e. The Morgan fingerprint density at radius 1 is 1.50 bits per heavy atom. The summed E-state index contributed by atoms with van der Waals surface area (Å²) in [7, 11) is 0. The second kappa shape index (κ2) is 5.49. The van der Waals surface area contributed by atoms with Crippen LogP contribution < -0.4 is 5.32 Å². The fourth-order valence-electron chi connectivity index (χ4n) is 1.63. The molecule has 0 bridgehead atoms. The Hall–Kier alpha value is -0.820. The highest BCUT2D eigenvalue weighted by Crippen LogP contribution is 2.12. The van der Waals surface area contributed by atoms with Gasteiger partial charge >= 0.3 is 6.18 Å². The third-order valence-corrected chi connectivity index (χ3v) is 2.33. The summed E-state index contributed by atoms with van der Waals surface area (Å²) in [6, 6.07) is 0. The van der Waals surface area contributed by atoms with Crippen LogP contribution in [0.15, 0.2) is 0 Å². The maximum atomic E-state index is 11.8. The molecule has 1 saturated heterocycles. The van der Waals surface area contributed by atoms with Crippen molar-refractivity contribution in [2.75, 3.05) is 26.2 Å². The molecule has 1 atom stereocenters. The Balaban J connectivity index is 2.23. The van der Waals surface area contributed by atoms with Crippen molar-refractivity contribution in [3.8, 4) is 0 Å². The van der Waals surface area contributed by atoms with Gasteiger partial charge in [0, 0.05) is 6.54 Å². The Morgan fingerprint density at radius 3 is 2.75 bits per heavy atom. The number of carbonyl (C=O) groups excluding carboxylic acids is 1. The zero-order chi connectivity index (χ0) is 12.2. The van der Waals surface area contributed by atoms with Gasteiger partial charge in [-0.05, 0) is 19.4 Å². The first kappa shape index (κ1) is 13.2. The van der Waals surface area contributed by atoms with Crippen LogP contribution in [0.4, 0.5) is 13.2 Å². The van der Waals surface area contributed by atoms with Crippen LogP contribution >= 0.6 is 0 Å². The van der Waals surface area contributed by atoms with Gasteiger partial charge in [-0.1, -0.05) is 0 Å². The summed E-state index contributed by atoms with van der Waals surface area (Å²) in [6.45, 7) is -0.411. The van der Waals surface area contributed by atoms with Crippen molar-refractivity contribution >= 4 is 5.91 Å².